The van der Waals surface area contributed by atoms with E-state index in [-0.39, 0.29) is 37.5 Å². The quantitative estimate of drug-likeness (QED) is 0.0261. The summed E-state index contributed by atoms with van der Waals surface area (Å²) < 4.78 is 16.8. The summed E-state index contributed by atoms with van der Waals surface area (Å²) in [6.07, 6.45) is 88.4. The normalized spacial score (nSPS) is 13.2. The average Bonchev–Trinajstić information content (AvgIpc) is 3.41. The van der Waals surface area contributed by atoms with Crippen LogP contribution in [0.3, 0.4) is 0 Å². The van der Waals surface area contributed by atoms with Gasteiger partial charge >= 0.3 is 17.9 Å². The summed E-state index contributed by atoms with van der Waals surface area (Å²) in [6, 6.07) is 0. The summed E-state index contributed by atoms with van der Waals surface area (Å²) in [5.41, 5.74) is 0. The first-order chi connectivity index (χ1) is 37.0. The maximum atomic E-state index is 12.9. The van der Waals surface area contributed by atoms with Gasteiger partial charge in [0, 0.05) is 19.3 Å². The average molecular weight is 1040 g/mol. The molecule has 0 fully saturated rings. The predicted molar refractivity (Wildman–Crippen MR) is 325 cm³/mol. The number of carbonyl (C=O) groups is 3. The van der Waals surface area contributed by atoms with Crippen LogP contribution in [0.15, 0.2) is 146 Å². The molecule has 0 spiro atoms. The topological polar surface area (TPSA) is 78.9 Å². The van der Waals surface area contributed by atoms with Crippen molar-refractivity contribution in [1.29, 1.82) is 0 Å². The van der Waals surface area contributed by atoms with E-state index in [1.165, 1.54) is 38.5 Å². The van der Waals surface area contributed by atoms with Gasteiger partial charge in [-0.3, -0.25) is 14.4 Å². The Labute approximate surface area is 461 Å². The molecule has 422 valence electrons. The zero-order valence-corrected chi connectivity index (χ0v) is 48.3. The smallest absolute Gasteiger partial charge is 0.306 e. The molecule has 6 heteroatoms. The number of unbranched alkanes of at least 4 members (excludes halogenated alkanes) is 18. The van der Waals surface area contributed by atoms with E-state index in [0.717, 1.165) is 173 Å². The lowest BCUT2D eigenvalue weighted by molar-refractivity contribution is -0.167. The summed E-state index contributed by atoms with van der Waals surface area (Å²) in [5, 5.41) is 0. The second-order valence-corrected chi connectivity index (χ2v) is 19.5. The van der Waals surface area contributed by atoms with Crippen LogP contribution in [0.1, 0.15) is 252 Å². The Morgan fingerprint density at radius 3 is 0.827 bits per heavy atom. The first-order valence-corrected chi connectivity index (χ1v) is 30.3. The van der Waals surface area contributed by atoms with Crippen LogP contribution in [-0.2, 0) is 28.6 Å². The summed E-state index contributed by atoms with van der Waals surface area (Å²) in [5.74, 6) is -0.960. The predicted octanol–water partition coefficient (Wildman–Crippen LogP) is 20.8. The number of allylic oxidation sites excluding steroid dienone is 24. The molecule has 0 amide bonds. The highest BCUT2D eigenvalue weighted by Crippen LogP contribution is 2.13. The molecule has 0 radical (unpaired) electrons. The van der Waals surface area contributed by atoms with Crippen molar-refractivity contribution in [2.45, 2.75) is 258 Å². The summed E-state index contributed by atoms with van der Waals surface area (Å²) >= 11 is 0. The van der Waals surface area contributed by atoms with Crippen molar-refractivity contribution in [2.75, 3.05) is 13.2 Å². The van der Waals surface area contributed by atoms with Crippen LogP contribution in [0.5, 0.6) is 0 Å². The van der Waals surface area contributed by atoms with Crippen LogP contribution in [0.4, 0.5) is 0 Å². The van der Waals surface area contributed by atoms with Gasteiger partial charge in [-0.2, -0.15) is 0 Å². The molecular weight excluding hydrogens is 925 g/mol. The monoisotopic (exact) mass is 1030 g/mol. The highest BCUT2D eigenvalue weighted by molar-refractivity contribution is 5.71. The van der Waals surface area contributed by atoms with Crippen molar-refractivity contribution in [3.05, 3.63) is 146 Å². The van der Waals surface area contributed by atoms with Gasteiger partial charge in [0.05, 0.1) is 0 Å². The van der Waals surface area contributed by atoms with Gasteiger partial charge in [-0.25, -0.2) is 0 Å². The third-order valence-corrected chi connectivity index (χ3v) is 12.3. The number of hydrogen-bond donors (Lipinski definition) is 0. The van der Waals surface area contributed by atoms with Gasteiger partial charge in [0.15, 0.2) is 6.10 Å². The Balaban J connectivity index is 4.44. The molecule has 0 aliphatic heterocycles. The molecule has 6 nitrogen and oxygen atoms in total. The van der Waals surface area contributed by atoms with Gasteiger partial charge in [0.1, 0.15) is 13.2 Å². The minimum Gasteiger partial charge on any atom is -0.462 e. The van der Waals surface area contributed by atoms with Gasteiger partial charge in [-0.15, -0.1) is 0 Å². The molecule has 1 unspecified atom stereocenters. The van der Waals surface area contributed by atoms with Gasteiger partial charge in [-0.1, -0.05) is 237 Å². The van der Waals surface area contributed by atoms with E-state index >= 15 is 0 Å². The second kappa shape index (κ2) is 61.8. The van der Waals surface area contributed by atoms with E-state index in [1.54, 1.807) is 0 Å². The number of esters is 3. The van der Waals surface area contributed by atoms with E-state index in [2.05, 4.69) is 167 Å². The van der Waals surface area contributed by atoms with Crippen LogP contribution in [0, 0.1) is 0 Å². The maximum Gasteiger partial charge on any atom is 0.306 e. The van der Waals surface area contributed by atoms with Crippen LogP contribution >= 0.6 is 0 Å². The van der Waals surface area contributed by atoms with Crippen molar-refractivity contribution < 1.29 is 28.6 Å². The summed E-state index contributed by atoms with van der Waals surface area (Å²) in [6.45, 7) is 6.34. The highest BCUT2D eigenvalue weighted by atomic mass is 16.6. The number of carbonyl (C=O) groups excluding carboxylic acids is 3. The Hall–Kier alpha value is -4.71. The SMILES string of the molecule is CC/C=C\C/C=C\C/C=C\C/C=C\C/C=C\C/C=C\C/C=C\CCCCCCCC(=O)OCC(COC(=O)CCCCCCC/C=C\CCCCCC)OC(=O)CCCCCC/C=C\C/C=C\C/C=C\C/C=C\CC. The van der Waals surface area contributed by atoms with Crippen molar-refractivity contribution in [3.8, 4) is 0 Å². The van der Waals surface area contributed by atoms with Crippen LogP contribution in [0.25, 0.3) is 0 Å². The van der Waals surface area contributed by atoms with Gasteiger partial charge in [0.2, 0.25) is 0 Å². The molecule has 0 aliphatic rings. The molecule has 75 heavy (non-hydrogen) atoms. The van der Waals surface area contributed by atoms with E-state index in [4.69, 9.17) is 14.2 Å². The highest BCUT2D eigenvalue weighted by Gasteiger charge is 2.19. The largest absolute Gasteiger partial charge is 0.462 e. The van der Waals surface area contributed by atoms with E-state index in [9.17, 15) is 14.4 Å². The molecule has 0 saturated heterocycles. The van der Waals surface area contributed by atoms with Gasteiger partial charge in [-0.05, 0) is 141 Å². The third-order valence-electron chi connectivity index (χ3n) is 12.3. The van der Waals surface area contributed by atoms with Crippen LogP contribution in [0.2, 0.25) is 0 Å². The van der Waals surface area contributed by atoms with Crippen LogP contribution < -0.4 is 0 Å². The lowest BCUT2D eigenvalue weighted by Gasteiger charge is -2.18. The zero-order chi connectivity index (χ0) is 54.3. The number of rotatable bonds is 53. The Kier molecular flexibility index (Phi) is 58.0. The third kappa shape index (κ3) is 60.0. The standard InChI is InChI=1S/C69H110O6/c1-4-7-10-13-16-19-22-25-27-29-30-31-32-33-34-35-36-37-38-40-41-44-47-50-53-56-59-62-68(71)74-65-66(64-73-67(70)61-58-55-52-49-46-43-24-21-18-15-12-9-6-3)75-69(72)63-60-57-54-51-48-45-42-39-28-26-23-20-17-14-11-8-5-2/h7-8,10-11,16-17,19-21,24-28,30-31,33-34,36-37,40-42,45,66H,4-6,9,12-15,18,22-23,29,32,35,38-39,43-44,46-65H2,1-3H3/b10-7-,11-8-,19-16-,20-17-,24-21-,27-25-,28-26-,31-30-,34-33-,37-36-,41-40-,45-42-. The minimum absolute atomic E-state index is 0.104. The molecule has 0 saturated carbocycles. The fourth-order valence-electron chi connectivity index (χ4n) is 7.82. The number of ether oxygens (including phenoxy) is 3. The zero-order valence-electron chi connectivity index (χ0n) is 48.3. The Morgan fingerprint density at radius 2 is 0.520 bits per heavy atom. The summed E-state index contributed by atoms with van der Waals surface area (Å²) in [7, 11) is 0. The fraction of sp³-hybridized carbons (Fsp3) is 0.609. The molecule has 0 aromatic carbocycles. The summed E-state index contributed by atoms with van der Waals surface area (Å²) in [4.78, 5) is 38.2. The van der Waals surface area contributed by atoms with E-state index < -0.39 is 6.10 Å². The Bertz CT molecular complexity index is 1660. The molecule has 0 aromatic heterocycles. The van der Waals surface area contributed by atoms with Gasteiger partial charge < -0.3 is 14.2 Å². The molecule has 0 heterocycles. The van der Waals surface area contributed by atoms with Gasteiger partial charge in [0.25, 0.3) is 0 Å². The van der Waals surface area contributed by atoms with Crippen molar-refractivity contribution in [2.24, 2.45) is 0 Å². The molecule has 0 aliphatic carbocycles. The van der Waals surface area contributed by atoms with E-state index in [0.29, 0.717) is 12.8 Å². The van der Waals surface area contributed by atoms with E-state index in [1.807, 2.05) is 0 Å². The van der Waals surface area contributed by atoms with Crippen molar-refractivity contribution >= 4 is 17.9 Å². The molecule has 0 N–H and O–H groups in total. The molecule has 0 bridgehead atoms. The molecular formula is C69H110O6. The van der Waals surface area contributed by atoms with Crippen LogP contribution in [-0.4, -0.2) is 37.2 Å². The maximum absolute atomic E-state index is 12.9. The first kappa shape index (κ1) is 70.3. The molecule has 0 rings (SSSR count). The van der Waals surface area contributed by atoms with Crippen molar-refractivity contribution in [3.63, 3.8) is 0 Å². The fourth-order valence-corrected chi connectivity index (χ4v) is 7.82. The first-order valence-electron chi connectivity index (χ1n) is 30.3. The Morgan fingerprint density at radius 1 is 0.280 bits per heavy atom. The minimum atomic E-state index is -0.810. The lowest BCUT2D eigenvalue weighted by atomic mass is 10.1. The molecule has 0 aromatic rings. The number of hydrogen-bond acceptors (Lipinski definition) is 6. The lowest BCUT2D eigenvalue weighted by Crippen LogP contribution is -2.30. The van der Waals surface area contributed by atoms with Crippen molar-refractivity contribution in [1.82, 2.24) is 0 Å². The second-order valence-electron chi connectivity index (χ2n) is 19.5. The molecule has 1 atom stereocenters.